The largest absolute Gasteiger partial charge is 0.494 e. The van der Waals surface area contributed by atoms with Gasteiger partial charge in [-0.05, 0) is 56.9 Å². The van der Waals surface area contributed by atoms with Crippen LogP contribution in [0.25, 0.3) is 27.5 Å². The van der Waals surface area contributed by atoms with Gasteiger partial charge in [0.2, 0.25) is 0 Å². The molecular formula is C30H26BNO4. The molecule has 36 heavy (non-hydrogen) atoms. The van der Waals surface area contributed by atoms with E-state index in [1.54, 1.807) is 0 Å². The minimum atomic E-state index is -0.415. The molecule has 6 heteroatoms. The molecule has 3 aromatic carbocycles. The van der Waals surface area contributed by atoms with Crippen molar-refractivity contribution in [3.63, 3.8) is 0 Å². The van der Waals surface area contributed by atoms with Crippen molar-refractivity contribution in [3.05, 3.63) is 100 Å². The van der Waals surface area contributed by atoms with Crippen LogP contribution in [0.15, 0.2) is 86.6 Å². The summed E-state index contributed by atoms with van der Waals surface area (Å²) in [5.74, 6) is 0.807. The van der Waals surface area contributed by atoms with E-state index in [1.165, 1.54) is 0 Å². The first-order valence-electron chi connectivity index (χ1n) is 12.4. The van der Waals surface area contributed by atoms with Gasteiger partial charge in [0, 0.05) is 16.3 Å². The quantitative estimate of drug-likeness (QED) is 0.343. The van der Waals surface area contributed by atoms with E-state index in [0.29, 0.717) is 6.54 Å². The van der Waals surface area contributed by atoms with E-state index in [1.807, 2.05) is 36.4 Å². The Balaban J connectivity index is 1.44. The first-order chi connectivity index (χ1) is 17.3. The lowest BCUT2D eigenvalue weighted by Gasteiger charge is -2.32. The van der Waals surface area contributed by atoms with Crippen molar-refractivity contribution in [2.75, 3.05) is 0 Å². The molecule has 2 aliphatic rings. The lowest BCUT2D eigenvalue weighted by Crippen LogP contribution is -2.41. The van der Waals surface area contributed by atoms with E-state index in [0.717, 1.165) is 60.6 Å². The predicted octanol–water partition coefficient (Wildman–Crippen LogP) is 4.86. The summed E-state index contributed by atoms with van der Waals surface area (Å²) in [6, 6.07) is 24.5. The molecule has 1 fully saturated rings. The van der Waals surface area contributed by atoms with Crippen LogP contribution in [0.2, 0.25) is 0 Å². The molecule has 0 bridgehead atoms. The summed E-state index contributed by atoms with van der Waals surface area (Å²) in [6.07, 6.45) is 0. The Morgan fingerprint density at radius 2 is 1.33 bits per heavy atom. The highest BCUT2D eigenvalue weighted by Gasteiger charge is 2.51. The summed E-state index contributed by atoms with van der Waals surface area (Å²) in [4.78, 5) is 5.01. The van der Waals surface area contributed by atoms with Crippen LogP contribution < -0.4 is 16.2 Å². The zero-order valence-corrected chi connectivity index (χ0v) is 20.8. The van der Waals surface area contributed by atoms with Gasteiger partial charge in [0.05, 0.1) is 23.3 Å². The van der Waals surface area contributed by atoms with Gasteiger partial charge in [0.1, 0.15) is 22.3 Å². The van der Waals surface area contributed by atoms with Crippen LogP contribution in [0, 0.1) is 0 Å². The predicted molar refractivity (Wildman–Crippen MR) is 141 cm³/mol. The molecule has 4 heterocycles. The normalized spacial score (nSPS) is 18.2. The van der Waals surface area contributed by atoms with Crippen LogP contribution in [0.4, 0.5) is 0 Å². The molecule has 0 saturated carbocycles. The third-order valence-electron chi connectivity index (χ3n) is 7.84. The molecule has 0 unspecified atom stereocenters. The summed E-state index contributed by atoms with van der Waals surface area (Å²) in [5.41, 5.74) is 5.58. The van der Waals surface area contributed by atoms with E-state index >= 15 is 0 Å². The molecule has 5 nitrogen and oxygen atoms in total. The van der Waals surface area contributed by atoms with Crippen molar-refractivity contribution in [3.8, 4) is 0 Å². The van der Waals surface area contributed by atoms with E-state index in [-0.39, 0.29) is 11.2 Å². The first kappa shape index (κ1) is 21.7. The molecule has 0 spiro atoms. The van der Waals surface area contributed by atoms with E-state index in [4.69, 9.17) is 23.1 Å². The lowest BCUT2D eigenvalue weighted by molar-refractivity contribution is 0.00578. The average molecular weight is 475 g/mol. The highest BCUT2D eigenvalue weighted by atomic mass is 16.7. The molecule has 178 valence electrons. The van der Waals surface area contributed by atoms with Gasteiger partial charge in [0.25, 0.3) is 0 Å². The minimum Gasteiger partial charge on any atom is -0.456 e. The molecule has 7 rings (SSSR count). The smallest absolute Gasteiger partial charge is 0.456 e. The second kappa shape index (κ2) is 7.45. The fraction of sp³-hybridized carbons (Fsp3) is 0.233. The topological polar surface area (TPSA) is 57.1 Å². The van der Waals surface area contributed by atoms with Gasteiger partial charge in [-0.25, -0.2) is 0 Å². The molecule has 0 aliphatic carbocycles. The van der Waals surface area contributed by atoms with Crippen LogP contribution in [0.1, 0.15) is 44.6 Å². The number of rotatable bonds is 2. The Morgan fingerprint density at radius 1 is 0.722 bits per heavy atom. The van der Waals surface area contributed by atoms with Crippen LogP contribution >= 0.6 is 0 Å². The van der Waals surface area contributed by atoms with Crippen LogP contribution in [-0.2, 0) is 15.9 Å². The van der Waals surface area contributed by atoms with Gasteiger partial charge in [-0.15, -0.1) is 0 Å². The number of furan rings is 2. The zero-order valence-electron chi connectivity index (χ0n) is 20.8. The SMILES string of the molecule is CC1(C)OB(c2ccc(C3=c4oc5ccccc5c4=NCc4c3oc3ccccc43)cc2)OC1(C)C. The molecule has 2 aromatic heterocycles. The van der Waals surface area contributed by atoms with Crippen molar-refractivity contribution >= 4 is 40.1 Å². The van der Waals surface area contributed by atoms with Crippen LogP contribution in [-0.4, -0.2) is 18.3 Å². The van der Waals surface area contributed by atoms with E-state index in [9.17, 15) is 0 Å². The summed E-state index contributed by atoms with van der Waals surface area (Å²) in [7, 11) is -0.415. The second-order valence-electron chi connectivity index (χ2n) is 10.6. The molecule has 0 N–H and O–H groups in total. The first-order valence-corrected chi connectivity index (χ1v) is 12.4. The monoisotopic (exact) mass is 475 g/mol. The van der Waals surface area contributed by atoms with Gasteiger partial charge in [-0.3, -0.25) is 4.99 Å². The van der Waals surface area contributed by atoms with Gasteiger partial charge < -0.3 is 18.1 Å². The minimum absolute atomic E-state index is 0.389. The summed E-state index contributed by atoms with van der Waals surface area (Å²) >= 11 is 0. The highest BCUT2D eigenvalue weighted by molar-refractivity contribution is 6.62. The number of hydrogen-bond acceptors (Lipinski definition) is 5. The number of fused-ring (bicyclic) bond motifs is 6. The van der Waals surface area contributed by atoms with Crippen molar-refractivity contribution < 1.29 is 18.1 Å². The summed E-state index contributed by atoms with van der Waals surface area (Å²) in [5, 5.41) is 2.96. The van der Waals surface area contributed by atoms with Gasteiger partial charge in [-0.2, -0.15) is 0 Å². The maximum Gasteiger partial charge on any atom is 0.494 e. The molecule has 1 saturated heterocycles. The number of hydrogen-bond donors (Lipinski definition) is 0. The molecule has 0 radical (unpaired) electrons. The highest BCUT2D eigenvalue weighted by Crippen LogP contribution is 2.37. The Labute approximate surface area is 209 Å². The van der Waals surface area contributed by atoms with E-state index in [2.05, 4.69) is 64.1 Å². The van der Waals surface area contributed by atoms with Crippen LogP contribution in [0.5, 0.6) is 0 Å². The number of para-hydroxylation sites is 2. The third kappa shape index (κ3) is 3.08. The summed E-state index contributed by atoms with van der Waals surface area (Å²) in [6.45, 7) is 8.80. The van der Waals surface area contributed by atoms with Crippen molar-refractivity contribution in [1.29, 1.82) is 0 Å². The van der Waals surface area contributed by atoms with Crippen molar-refractivity contribution in [2.24, 2.45) is 4.99 Å². The Morgan fingerprint density at radius 3 is 2.03 bits per heavy atom. The van der Waals surface area contributed by atoms with E-state index < -0.39 is 7.12 Å². The lowest BCUT2D eigenvalue weighted by atomic mass is 9.78. The maximum absolute atomic E-state index is 6.47. The number of benzene rings is 3. The van der Waals surface area contributed by atoms with Crippen molar-refractivity contribution in [2.45, 2.75) is 45.4 Å². The molecule has 2 aliphatic heterocycles. The molecule has 0 atom stereocenters. The fourth-order valence-corrected chi connectivity index (χ4v) is 5.13. The molecule has 5 aromatic rings. The standard InChI is InChI=1S/C30H26BNO4/c1-29(2)30(3,4)36-31(35-29)19-15-13-18(14-16-19)25-27-22(20-9-5-7-11-23(20)33-27)17-32-26-21-10-6-8-12-24(21)34-28(25)26/h5-16H,17H2,1-4H3. The number of nitrogens with zero attached hydrogens (tertiary/aromatic N) is 1. The zero-order chi connectivity index (χ0) is 24.7. The fourth-order valence-electron chi connectivity index (χ4n) is 5.13. The maximum atomic E-state index is 6.47. The summed E-state index contributed by atoms with van der Waals surface area (Å²) < 4.78 is 25.4. The Hall–Kier alpha value is -3.61. The van der Waals surface area contributed by atoms with Crippen LogP contribution in [0.3, 0.4) is 0 Å². The van der Waals surface area contributed by atoms with Gasteiger partial charge >= 0.3 is 7.12 Å². The van der Waals surface area contributed by atoms with Gasteiger partial charge in [0.15, 0.2) is 5.42 Å². The molecule has 0 amide bonds. The Bertz CT molecular complexity index is 1760. The molecular weight excluding hydrogens is 449 g/mol. The Kier molecular flexibility index (Phi) is 4.48. The van der Waals surface area contributed by atoms with Gasteiger partial charge in [-0.1, -0.05) is 54.6 Å². The third-order valence-corrected chi connectivity index (χ3v) is 7.84. The van der Waals surface area contributed by atoms with Crippen molar-refractivity contribution in [1.82, 2.24) is 0 Å². The second-order valence-corrected chi connectivity index (χ2v) is 10.6. The average Bonchev–Trinajstić information content (AvgIpc) is 3.44.